The van der Waals surface area contributed by atoms with Gasteiger partial charge in [0.05, 0.1) is 12.2 Å². The van der Waals surface area contributed by atoms with Crippen LogP contribution < -0.4 is 0 Å². The Hall–Kier alpha value is -2.85. The van der Waals surface area contributed by atoms with Gasteiger partial charge in [0.1, 0.15) is 0 Å². The molecule has 1 N–H and O–H groups in total. The van der Waals surface area contributed by atoms with Gasteiger partial charge in [0.15, 0.2) is 0 Å². The Morgan fingerprint density at radius 2 is 1.93 bits per heavy atom. The molecular weight excluding hydrogens is 332 g/mol. The molecule has 0 amide bonds. The van der Waals surface area contributed by atoms with Crippen molar-refractivity contribution in [2.24, 2.45) is 7.05 Å². The second-order valence-electron chi connectivity index (χ2n) is 7.56. The summed E-state index contributed by atoms with van der Waals surface area (Å²) in [7, 11) is 1.98. The first-order chi connectivity index (χ1) is 13.2. The molecule has 0 aliphatic carbocycles. The number of H-pyrrole nitrogens is 1. The first-order valence-corrected chi connectivity index (χ1v) is 9.57. The zero-order valence-electron chi connectivity index (χ0n) is 15.8. The van der Waals surface area contributed by atoms with Crippen LogP contribution in [0.1, 0.15) is 34.0 Å². The van der Waals surface area contributed by atoms with Crippen molar-refractivity contribution in [3.63, 3.8) is 0 Å². The zero-order chi connectivity index (χ0) is 18.4. The van der Waals surface area contributed by atoms with Gasteiger partial charge in [0.25, 0.3) is 0 Å². The highest BCUT2D eigenvalue weighted by Gasteiger charge is 2.32. The lowest BCUT2D eigenvalue weighted by atomic mass is 9.90. The van der Waals surface area contributed by atoms with Crippen molar-refractivity contribution >= 4 is 10.9 Å². The third kappa shape index (κ3) is 2.77. The van der Waals surface area contributed by atoms with E-state index in [2.05, 4.69) is 76.6 Å². The minimum Gasteiger partial charge on any atom is -0.357 e. The topological polar surface area (TPSA) is 36.9 Å². The van der Waals surface area contributed by atoms with E-state index in [1.807, 2.05) is 17.9 Å². The van der Waals surface area contributed by atoms with Crippen LogP contribution in [0, 0.1) is 6.92 Å². The van der Waals surface area contributed by atoms with E-state index in [1.165, 1.54) is 38.9 Å². The third-order valence-corrected chi connectivity index (χ3v) is 5.76. The van der Waals surface area contributed by atoms with Crippen molar-refractivity contribution in [2.45, 2.75) is 25.9 Å². The molecule has 4 aromatic rings. The number of nitrogens with zero attached hydrogens (tertiary/aromatic N) is 3. The average molecular weight is 356 g/mol. The molecule has 4 heteroatoms. The van der Waals surface area contributed by atoms with Crippen LogP contribution in [0.3, 0.4) is 0 Å². The first kappa shape index (κ1) is 16.3. The maximum Gasteiger partial charge on any atom is 0.0762 e. The van der Waals surface area contributed by atoms with E-state index in [9.17, 15) is 0 Å². The number of aromatic amines is 1. The van der Waals surface area contributed by atoms with E-state index in [0.29, 0.717) is 0 Å². The molecule has 1 aliphatic heterocycles. The minimum atomic E-state index is 0.238. The van der Waals surface area contributed by atoms with Crippen molar-refractivity contribution < 1.29 is 0 Å². The van der Waals surface area contributed by atoms with Gasteiger partial charge in [-0.05, 0) is 36.1 Å². The van der Waals surface area contributed by atoms with Crippen LogP contribution >= 0.6 is 0 Å². The monoisotopic (exact) mass is 356 g/mol. The smallest absolute Gasteiger partial charge is 0.0762 e. The molecule has 27 heavy (non-hydrogen) atoms. The molecule has 1 aliphatic rings. The van der Waals surface area contributed by atoms with Crippen LogP contribution in [-0.4, -0.2) is 26.2 Å². The predicted molar refractivity (Wildman–Crippen MR) is 109 cm³/mol. The second kappa shape index (κ2) is 6.39. The van der Waals surface area contributed by atoms with Gasteiger partial charge in [-0.15, -0.1) is 0 Å². The lowest BCUT2D eigenvalue weighted by Gasteiger charge is -2.36. The molecule has 0 saturated heterocycles. The molecule has 136 valence electrons. The second-order valence-corrected chi connectivity index (χ2v) is 7.56. The Kier molecular flexibility index (Phi) is 3.87. The van der Waals surface area contributed by atoms with Gasteiger partial charge in [-0.3, -0.25) is 9.58 Å². The Morgan fingerprint density at radius 1 is 1.11 bits per heavy atom. The summed E-state index contributed by atoms with van der Waals surface area (Å²) in [5, 5.41) is 5.73. The molecule has 0 saturated carbocycles. The lowest BCUT2D eigenvalue weighted by molar-refractivity contribution is 0.201. The van der Waals surface area contributed by atoms with Crippen molar-refractivity contribution in [3.8, 4) is 0 Å². The number of rotatable bonds is 3. The zero-order valence-corrected chi connectivity index (χ0v) is 15.8. The first-order valence-electron chi connectivity index (χ1n) is 9.57. The summed E-state index contributed by atoms with van der Waals surface area (Å²) in [6.45, 7) is 4.17. The molecule has 0 spiro atoms. The van der Waals surface area contributed by atoms with E-state index >= 15 is 0 Å². The van der Waals surface area contributed by atoms with Gasteiger partial charge in [-0.1, -0.05) is 42.5 Å². The molecule has 2 aromatic heterocycles. The van der Waals surface area contributed by atoms with E-state index < -0.39 is 0 Å². The predicted octanol–water partition coefficient (Wildman–Crippen LogP) is 4.36. The molecule has 0 radical (unpaired) electrons. The standard InChI is InChI=1S/C23H24N4/c1-16-7-3-4-8-18(16)23-22-20(19-9-5-6-10-21(19)25-22)11-12-27(23)15-17-13-24-26(2)14-17/h3-10,13-14,23,25H,11-12,15H2,1-2H3. The number of nitrogens with one attached hydrogen (secondary N) is 1. The summed E-state index contributed by atoms with van der Waals surface area (Å²) in [6.07, 6.45) is 5.17. The lowest BCUT2D eigenvalue weighted by Crippen LogP contribution is -2.36. The summed E-state index contributed by atoms with van der Waals surface area (Å²) < 4.78 is 1.89. The van der Waals surface area contributed by atoms with Crippen molar-refractivity contribution in [1.29, 1.82) is 0 Å². The quantitative estimate of drug-likeness (QED) is 0.592. The van der Waals surface area contributed by atoms with Gasteiger partial charge >= 0.3 is 0 Å². The van der Waals surface area contributed by atoms with Crippen LogP contribution in [0.4, 0.5) is 0 Å². The molecule has 1 atom stereocenters. The van der Waals surface area contributed by atoms with Gasteiger partial charge in [0, 0.05) is 48.5 Å². The summed E-state index contributed by atoms with van der Waals surface area (Å²) in [5.74, 6) is 0. The number of hydrogen-bond acceptors (Lipinski definition) is 2. The molecular formula is C23H24N4. The number of hydrogen-bond donors (Lipinski definition) is 1. The third-order valence-electron chi connectivity index (χ3n) is 5.76. The fraction of sp³-hybridized carbons (Fsp3) is 0.261. The minimum absolute atomic E-state index is 0.238. The summed E-state index contributed by atoms with van der Waals surface area (Å²) >= 11 is 0. The Balaban J connectivity index is 1.65. The van der Waals surface area contributed by atoms with Crippen molar-refractivity contribution in [3.05, 3.63) is 88.9 Å². The normalized spacial score (nSPS) is 17.3. The van der Waals surface area contributed by atoms with Crippen LogP contribution in [0.2, 0.25) is 0 Å². The van der Waals surface area contributed by atoms with Crippen LogP contribution in [-0.2, 0) is 20.0 Å². The number of benzene rings is 2. The van der Waals surface area contributed by atoms with Gasteiger partial charge in [-0.2, -0.15) is 5.10 Å². The summed E-state index contributed by atoms with van der Waals surface area (Å²) in [4.78, 5) is 6.33. The number of para-hydroxylation sites is 1. The van der Waals surface area contributed by atoms with Crippen LogP contribution in [0.25, 0.3) is 10.9 Å². The number of fused-ring (bicyclic) bond motifs is 3. The summed E-state index contributed by atoms with van der Waals surface area (Å²) in [5.41, 5.74) is 8.04. The SMILES string of the molecule is Cc1ccccc1C1c2[nH]c3ccccc3c2CCN1Cc1cnn(C)c1. The fourth-order valence-corrected chi connectivity index (χ4v) is 4.49. The fourth-order valence-electron chi connectivity index (χ4n) is 4.49. The number of aromatic nitrogens is 3. The van der Waals surface area contributed by atoms with E-state index in [4.69, 9.17) is 0 Å². The molecule has 0 bridgehead atoms. The summed E-state index contributed by atoms with van der Waals surface area (Å²) in [6, 6.07) is 17.7. The molecule has 3 heterocycles. The highest BCUT2D eigenvalue weighted by molar-refractivity contribution is 5.85. The van der Waals surface area contributed by atoms with Gasteiger partial charge in [-0.25, -0.2) is 0 Å². The average Bonchev–Trinajstić information content (AvgIpc) is 3.25. The highest BCUT2D eigenvalue weighted by Crippen LogP contribution is 2.39. The maximum atomic E-state index is 4.36. The molecule has 4 nitrogen and oxygen atoms in total. The van der Waals surface area contributed by atoms with Gasteiger partial charge < -0.3 is 4.98 Å². The van der Waals surface area contributed by atoms with Crippen LogP contribution in [0.5, 0.6) is 0 Å². The number of aryl methyl sites for hydroxylation is 2. The Bertz CT molecular complexity index is 1100. The maximum absolute atomic E-state index is 4.36. The van der Waals surface area contributed by atoms with E-state index in [0.717, 1.165) is 19.5 Å². The van der Waals surface area contributed by atoms with Gasteiger partial charge in [0.2, 0.25) is 0 Å². The van der Waals surface area contributed by atoms with Crippen molar-refractivity contribution in [1.82, 2.24) is 19.7 Å². The highest BCUT2D eigenvalue weighted by atomic mass is 15.2. The van der Waals surface area contributed by atoms with E-state index in [1.54, 1.807) is 0 Å². The largest absolute Gasteiger partial charge is 0.357 e. The van der Waals surface area contributed by atoms with E-state index in [-0.39, 0.29) is 6.04 Å². The Morgan fingerprint density at radius 3 is 2.74 bits per heavy atom. The Labute approximate surface area is 159 Å². The molecule has 2 aromatic carbocycles. The van der Waals surface area contributed by atoms with Crippen molar-refractivity contribution in [2.75, 3.05) is 6.54 Å². The molecule has 1 unspecified atom stereocenters. The molecule has 5 rings (SSSR count). The molecule has 0 fully saturated rings. The van der Waals surface area contributed by atoms with Crippen LogP contribution in [0.15, 0.2) is 60.9 Å².